The molecule has 202 valence electrons. The highest BCUT2D eigenvalue weighted by atomic mass is 79.9. The van der Waals surface area contributed by atoms with Crippen molar-refractivity contribution in [3.8, 4) is 5.75 Å². The summed E-state index contributed by atoms with van der Waals surface area (Å²) in [6.07, 6.45) is 1.10. The van der Waals surface area contributed by atoms with E-state index in [9.17, 15) is 14.0 Å². The average Bonchev–Trinajstić information content (AvgIpc) is 2.91. The van der Waals surface area contributed by atoms with E-state index in [0.717, 1.165) is 27.6 Å². The third kappa shape index (κ3) is 8.42. The highest BCUT2D eigenvalue weighted by Crippen LogP contribution is 2.29. The molecular weight excluding hydrogens is 547 g/mol. The molecule has 0 saturated carbocycles. The minimum Gasteiger partial charge on any atom is -0.483 e. The van der Waals surface area contributed by atoms with Gasteiger partial charge in [0, 0.05) is 19.0 Å². The number of amides is 2. The Balaban J connectivity index is 1.91. The quantitative estimate of drug-likeness (QED) is 0.260. The Morgan fingerprint density at radius 1 is 0.974 bits per heavy atom. The van der Waals surface area contributed by atoms with Gasteiger partial charge in [0.05, 0.1) is 4.47 Å². The van der Waals surface area contributed by atoms with Crippen LogP contribution in [0.2, 0.25) is 0 Å². The Bertz CT molecular complexity index is 1200. The van der Waals surface area contributed by atoms with Crippen molar-refractivity contribution in [2.75, 3.05) is 6.61 Å². The van der Waals surface area contributed by atoms with Crippen molar-refractivity contribution in [1.29, 1.82) is 0 Å². The number of carbonyl (C=O) groups excluding carboxylic acids is 2. The zero-order valence-corrected chi connectivity index (χ0v) is 24.0. The maximum Gasteiger partial charge on any atom is 0.261 e. The van der Waals surface area contributed by atoms with Crippen molar-refractivity contribution in [1.82, 2.24) is 10.2 Å². The number of carbonyl (C=O) groups is 2. The smallest absolute Gasteiger partial charge is 0.261 e. The molecule has 0 aliphatic heterocycles. The minimum atomic E-state index is -0.778. The van der Waals surface area contributed by atoms with Gasteiger partial charge in [0.2, 0.25) is 5.91 Å². The van der Waals surface area contributed by atoms with Crippen LogP contribution in [-0.4, -0.2) is 35.4 Å². The fourth-order valence-electron chi connectivity index (χ4n) is 4.00. The van der Waals surface area contributed by atoms with Gasteiger partial charge in [0.15, 0.2) is 6.61 Å². The van der Waals surface area contributed by atoms with Crippen LogP contribution in [0.15, 0.2) is 77.3 Å². The summed E-state index contributed by atoms with van der Waals surface area (Å²) in [7, 11) is 0. The zero-order chi connectivity index (χ0) is 27.7. The lowest BCUT2D eigenvalue weighted by Gasteiger charge is -2.32. The summed E-state index contributed by atoms with van der Waals surface area (Å²) in [4.78, 5) is 28.8. The predicted molar refractivity (Wildman–Crippen MR) is 153 cm³/mol. The summed E-state index contributed by atoms with van der Waals surface area (Å²) in [5.41, 5.74) is 2.80. The van der Waals surface area contributed by atoms with Crippen molar-refractivity contribution in [2.24, 2.45) is 0 Å². The van der Waals surface area contributed by atoms with Gasteiger partial charge in [-0.2, -0.15) is 0 Å². The second-order valence-electron chi connectivity index (χ2n) is 9.80. The van der Waals surface area contributed by atoms with Gasteiger partial charge in [-0.25, -0.2) is 4.39 Å². The van der Waals surface area contributed by atoms with Crippen LogP contribution in [0.1, 0.15) is 56.7 Å². The fourth-order valence-corrected chi connectivity index (χ4v) is 4.51. The molecule has 3 aromatic rings. The molecule has 0 unspecified atom stereocenters. The number of ether oxygens (including phenoxy) is 1. The van der Waals surface area contributed by atoms with E-state index in [1.165, 1.54) is 17.0 Å². The van der Waals surface area contributed by atoms with Crippen LogP contribution in [0.25, 0.3) is 0 Å². The van der Waals surface area contributed by atoms with Crippen molar-refractivity contribution in [3.05, 3.63) is 99.8 Å². The molecule has 0 aliphatic carbocycles. The van der Waals surface area contributed by atoms with Gasteiger partial charge in [0.1, 0.15) is 17.6 Å². The topological polar surface area (TPSA) is 58.6 Å². The van der Waals surface area contributed by atoms with Gasteiger partial charge < -0.3 is 15.0 Å². The number of nitrogens with zero attached hydrogens (tertiary/aromatic N) is 1. The number of hydrogen-bond donors (Lipinski definition) is 1. The second-order valence-corrected chi connectivity index (χ2v) is 10.7. The fraction of sp³-hybridized carbons (Fsp3) is 0.355. The van der Waals surface area contributed by atoms with Crippen molar-refractivity contribution in [3.63, 3.8) is 0 Å². The van der Waals surface area contributed by atoms with Crippen LogP contribution in [0.4, 0.5) is 4.39 Å². The molecule has 2 atom stereocenters. The summed E-state index contributed by atoms with van der Waals surface area (Å²) in [6.45, 7) is 8.04. The number of benzene rings is 3. The molecule has 2 amide bonds. The molecule has 5 nitrogen and oxygen atoms in total. The highest BCUT2D eigenvalue weighted by Gasteiger charge is 2.31. The van der Waals surface area contributed by atoms with Gasteiger partial charge in [-0.05, 0) is 76.1 Å². The first kappa shape index (κ1) is 29.4. The normalized spacial score (nSPS) is 12.6. The molecule has 0 saturated heterocycles. The Morgan fingerprint density at radius 2 is 1.66 bits per heavy atom. The van der Waals surface area contributed by atoms with Crippen molar-refractivity contribution in [2.45, 2.75) is 65.1 Å². The second kappa shape index (κ2) is 14.1. The first-order chi connectivity index (χ1) is 18.2. The van der Waals surface area contributed by atoms with E-state index in [-0.39, 0.29) is 36.8 Å². The third-order valence-corrected chi connectivity index (χ3v) is 7.13. The molecule has 0 spiro atoms. The first-order valence-electron chi connectivity index (χ1n) is 13.0. The van der Waals surface area contributed by atoms with E-state index in [2.05, 4.69) is 35.1 Å². The lowest BCUT2D eigenvalue weighted by Crippen LogP contribution is -2.53. The molecular formula is C31H36BrFN2O3. The average molecular weight is 584 g/mol. The van der Waals surface area contributed by atoms with Gasteiger partial charge >= 0.3 is 0 Å². The van der Waals surface area contributed by atoms with Crippen LogP contribution in [-0.2, 0) is 22.6 Å². The summed E-state index contributed by atoms with van der Waals surface area (Å²) >= 11 is 3.55. The molecule has 1 N–H and O–H groups in total. The van der Waals surface area contributed by atoms with Crippen LogP contribution < -0.4 is 10.1 Å². The van der Waals surface area contributed by atoms with E-state index in [1.807, 2.05) is 62.4 Å². The lowest BCUT2D eigenvalue weighted by atomic mass is 10.0. The monoisotopic (exact) mass is 582 g/mol. The molecule has 38 heavy (non-hydrogen) atoms. The lowest BCUT2D eigenvalue weighted by molar-refractivity contribution is -0.143. The molecule has 3 rings (SSSR count). The first-order valence-corrected chi connectivity index (χ1v) is 13.8. The van der Waals surface area contributed by atoms with Crippen LogP contribution in [0.3, 0.4) is 0 Å². The van der Waals surface area contributed by atoms with Crippen molar-refractivity contribution < 1.29 is 18.7 Å². The molecule has 7 heteroatoms. The minimum absolute atomic E-state index is 0.0461. The largest absolute Gasteiger partial charge is 0.483 e. The van der Waals surface area contributed by atoms with Crippen LogP contribution >= 0.6 is 15.9 Å². The van der Waals surface area contributed by atoms with Crippen LogP contribution in [0.5, 0.6) is 5.75 Å². The SMILES string of the molecule is CC[C@H](C)NC(=O)[C@H](Cc1ccccc1)N(Cc1ccc(F)cc1)C(=O)COc1ccc(C(C)C)cc1Br. The van der Waals surface area contributed by atoms with E-state index >= 15 is 0 Å². The molecule has 0 radical (unpaired) electrons. The van der Waals surface area contributed by atoms with Crippen molar-refractivity contribution >= 4 is 27.7 Å². The number of rotatable bonds is 12. The molecule has 3 aromatic carbocycles. The Hall–Kier alpha value is -3.19. The number of hydrogen-bond acceptors (Lipinski definition) is 3. The maximum absolute atomic E-state index is 13.7. The Morgan fingerprint density at radius 3 is 2.26 bits per heavy atom. The predicted octanol–water partition coefficient (Wildman–Crippen LogP) is 6.65. The number of halogens is 2. The standard InChI is InChI=1S/C31H36BrFN2O3/c1-5-22(4)34-31(37)28(17-23-9-7-6-8-10-23)35(19-24-11-14-26(33)15-12-24)30(36)20-38-29-16-13-25(21(2)3)18-27(29)32/h6-16,18,21-22,28H,5,17,19-20H2,1-4H3,(H,34,37)/t22-,28-/m0/s1. The van der Waals surface area contributed by atoms with Gasteiger partial charge in [0.25, 0.3) is 5.91 Å². The molecule has 0 fully saturated rings. The van der Waals surface area contributed by atoms with Gasteiger partial charge in [-0.1, -0.05) is 69.3 Å². The molecule has 0 heterocycles. The summed E-state index contributed by atoms with van der Waals surface area (Å²) in [5.74, 6) is -0.0281. The van der Waals surface area contributed by atoms with Gasteiger partial charge in [-0.15, -0.1) is 0 Å². The third-order valence-electron chi connectivity index (χ3n) is 6.51. The molecule has 0 bridgehead atoms. The molecule has 0 aliphatic rings. The van der Waals surface area contributed by atoms with E-state index < -0.39 is 6.04 Å². The number of nitrogens with one attached hydrogen (secondary N) is 1. The highest BCUT2D eigenvalue weighted by molar-refractivity contribution is 9.10. The summed E-state index contributed by atoms with van der Waals surface area (Å²) in [5, 5.41) is 3.04. The van der Waals surface area contributed by atoms with E-state index in [4.69, 9.17) is 4.74 Å². The van der Waals surface area contributed by atoms with Crippen LogP contribution in [0, 0.1) is 5.82 Å². The van der Waals surface area contributed by atoms with E-state index in [0.29, 0.717) is 18.1 Å². The Labute approximate surface area is 233 Å². The Kier molecular flexibility index (Phi) is 10.9. The molecule has 0 aromatic heterocycles. The van der Waals surface area contributed by atoms with Gasteiger partial charge in [-0.3, -0.25) is 9.59 Å². The zero-order valence-electron chi connectivity index (χ0n) is 22.4. The summed E-state index contributed by atoms with van der Waals surface area (Å²) in [6, 6.07) is 20.6. The van der Waals surface area contributed by atoms with E-state index in [1.54, 1.807) is 12.1 Å². The maximum atomic E-state index is 13.7. The summed E-state index contributed by atoms with van der Waals surface area (Å²) < 4.78 is 20.3.